The van der Waals surface area contributed by atoms with Gasteiger partial charge in [-0.3, -0.25) is 14.4 Å². The number of urea groups is 1. The average molecular weight is 523 g/mol. The summed E-state index contributed by atoms with van der Waals surface area (Å²) < 4.78 is 70.4. The second kappa shape index (κ2) is 9.53. The Hall–Kier alpha value is -4.07. The normalized spacial score (nSPS) is 15.9. The number of nitrogens with zero attached hydrogens (tertiary/aromatic N) is 3. The minimum Gasteiger partial charge on any atom is -0.418 e. The predicted molar refractivity (Wildman–Crippen MR) is 124 cm³/mol. The minimum absolute atomic E-state index is 0.0337. The number of carbonyl (C=O) groups excluding carboxylic acids is 2. The van der Waals surface area contributed by atoms with Crippen LogP contribution in [0.4, 0.5) is 29.3 Å². The van der Waals surface area contributed by atoms with Gasteiger partial charge in [0, 0.05) is 25.3 Å². The van der Waals surface area contributed by atoms with Crippen molar-refractivity contribution in [1.82, 2.24) is 9.80 Å². The lowest BCUT2D eigenvalue weighted by Crippen LogP contribution is -2.32. The SMILES string of the molecule is CS(=O)(=O)Nc1cccc(NC(=O)C2=CN3CCN(Cc4ccccc4C(F)(F)F)C(=O)N=C3O2)c1. The number of nitrogens with one attached hydrogen (secondary N) is 2. The molecular weight excluding hydrogens is 503 g/mol. The van der Waals surface area contributed by atoms with Crippen molar-refractivity contribution in [2.24, 2.45) is 4.99 Å². The molecule has 0 saturated heterocycles. The van der Waals surface area contributed by atoms with Crippen LogP contribution in [0.1, 0.15) is 11.1 Å². The van der Waals surface area contributed by atoms with Crippen LogP contribution in [-0.2, 0) is 32.3 Å². The molecule has 0 radical (unpaired) electrons. The topological polar surface area (TPSA) is 120 Å². The van der Waals surface area contributed by atoms with Crippen molar-refractivity contribution in [1.29, 1.82) is 0 Å². The number of fused-ring (bicyclic) bond motifs is 1. The number of benzene rings is 2. The third-order valence-electron chi connectivity index (χ3n) is 5.12. The van der Waals surface area contributed by atoms with Gasteiger partial charge in [-0.15, -0.1) is 4.99 Å². The van der Waals surface area contributed by atoms with Crippen molar-refractivity contribution in [3.63, 3.8) is 0 Å². The average Bonchev–Trinajstić information content (AvgIpc) is 3.11. The van der Waals surface area contributed by atoms with E-state index in [0.717, 1.165) is 17.2 Å². The van der Waals surface area contributed by atoms with Gasteiger partial charge in [-0.1, -0.05) is 24.3 Å². The van der Waals surface area contributed by atoms with Gasteiger partial charge in [0.2, 0.25) is 15.8 Å². The van der Waals surface area contributed by atoms with Gasteiger partial charge in [0.1, 0.15) is 0 Å². The van der Waals surface area contributed by atoms with E-state index in [1.807, 2.05) is 0 Å². The molecule has 0 fully saturated rings. The molecule has 36 heavy (non-hydrogen) atoms. The fraction of sp³-hybridized carbons (Fsp3) is 0.227. The molecule has 2 aliphatic heterocycles. The third kappa shape index (κ3) is 5.94. The van der Waals surface area contributed by atoms with E-state index in [2.05, 4.69) is 15.0 Å². The van der Waals surface area contributed by atoms with Crippen molar-refractivity contribution in [2.75, 3.05) is 29.4 Å². The smallest absolute Gasteiger partial charge is 0.416 e. The van der Waals surface area contributed by atoms with Gasteiger partial charge in [0.25, 0.3) is 5.91 Å². The molecule has 0 bridgehead atoms. The van der Waals surface area contributed by atoms with Crippen LogP contribution in [0.15, 0.2) is 65.5 Å². The number of rotatable bonds is 6. The molecule has 10 nitrogen and oxygen atoms in total. The molecule has 2 aromatic carbocycles. The van der Waals surface area contributed by atoms with Crippen molar-refractivity contribution >= 4 is 39.4 Å². The number of alkyl halides is 3. The number of hydrogen-bond acceptors (Lipinski definition) is 6. The Kier molecular flexibility index (Phi) is 6.63. The highest BCUT2D eigenvalue weighted by atomic mass is 32.2. The van der Waals surface area contributed by atoms with Crippen molar-refractivity contribution < 1.29 is 35.9 Å². The van der Waals surface area contributed by atoms with Crippen LogP contribution in [-0.4, -0.2) is 55.5 Å². The molecule has 4 rings (SSSR count). The van der Waals surface area contributed by atoms with Crippen molar-refractivity contribution in [3.05, 3.63) is 71.6 Å². The number of sulfonamides is 1. The van der Waals surface area contributed by atoms with E-state index in [1.54, 1.807) is 0 Å². The maximum atomic E-state index is 13.3. The quantitative estimate of drug-likeness (QED) is 0.600. The standard InChI is InChI=1S/C22H20F3N5O5S/c1-36(33,34)28-16-7-4-6-15(11-16)26-19(31)18-13-30-10-9-29(20(32)27-21(30)35-18)12-14-5-2-3-8-17(14)22(23,24)25/h2-8,11,13,28H,9-10,12H2,1H3,(H,26,31). The highest BCUT2D eigenvalue weighted by Crippen LogP contribution is 2.32. The lowest BCUT2D eigenvalue weighted by atomic mass is 10.1. The van der Waals surface area contributed by atoms with Crippen LogP contribution in [0.3, 0.4) is 0 Å². The lowest BCUT2D eigenvalue weighted by molar-refractivity contribution is -0.138. The molecule has 14 heteroatoms. The summed E-state index contributed by atoms with van der Waals surface area (Å²) in [5.41, 5.74) is -0.369. The fourth-order valence-corrected chi connectivity index (χ4v) is 4.12. The summed E-state index contributed by atoms with van der Waals surface area (Å²) in [6, 6.07) is 9.99. The molecule has 190 valence electrons. The number of aliphatic imine (C=N–C) groups is 1. The summed E-state index contributed by atoms with van der Waals surface area (Å²) in [6.07, 6.45) is -2.24. The van der Waals surface area contributed by atoms with Gasteiger partial charge in [0.15, 0.2) is 0 Å². The van der Waals surface area contributed by atoms with Gasteiger partial charge >= 0.3 is 18.2 Å². The zero-order valence-corrected chi connectivity index (χ0v) is 19.6. The minimum atomic E-state index is -4.56. The van der Waals surface area contributed by atoms with Gasteiger partial charge < -0.3 is 15.0 Å². The number of amides is 3. The molecule has 2 N–H and O–H groups in total. The van der Waals surface area contributed by atoms with E-state index < -0.39 is 33.7 Å². The molecule has 2 aromatic rings. The predicted octanol–water partition coefficient (Wildman–Crippen LogP) is 3.18. The summed E-state index contributed by atoms with van der Waals surface area (Å²) >= 11 is 0. The van der Waals surface area contributed by atoms with Crippen LogP contribution in [0.25, 0.3) is 0 Å². The first-order valence-corrected chi connectivity index (χ1v) is 12.4. The second-order valence-electron chi connectivity index (χ2n) is 7.95. The van der Waals surface area contributed by atoms with E-state index in [-0.39, 0.29) is 48.4 Å². The lowest BCUT2D eigenvalue weighted by Gasteiger charge is -2.21. The Labute approximate surface area is 204 Å². The number of hydrogen-bond donors (Lipinski definition) is 2. The van der Waals surface area contributed by atoms with Crippen LogP contribution in [0, 0.1) is 0 Å². The maximum Gasteiger partial charge on any atom is 0.416 e. The molecule has 3 amide bonds. The van der Waals surface area contributed by atoms with Crippen molar-refractivity contribution in [2.45, 2.75) is 12.7 Å². The van der Waals surface area contributed by atoms with E-state index in [1.165, 1.54) is 53.6 Å². The molecule has 0 atom stereocenters. The Bertz CT molecular complexity index is 1370. The molecule has 0 spiro atoms. The number of carbonyl (C=O) groups is 2. The molecule has 0 saturated carbocycles. The first-order chi connectivity index (χ1) is 16.9. The van der Waals surface area contributed by atoms with Crippen LogP contribution >= 0.6 is 0 Å². The van der Waals surface area contributed by atoms with Gasteiger partial charge in [-0.05, 0) is 29.8 Å². The summed E-state index contributed by atoms with van der Waals surface area (Å²) in [5, 5.41) is 2.56. The number of ether oxygens (including phenoxy) is 1. The third-order valence-corrected chi connectivity index (χ3v) is 5.73. The largest absolute Gasteiger partial charge is 0.418 e. The van der Waals surface area contributed by atoms with Crippen LogP contribution in [0.2, 0.25) is 0 Å². The highest BCUT2D eigenvalue weighted by molar-refractivity contribution is 7.92. The van der Waals surface area contributed by atoms with E-state index >= 15 is 0 Å². The highest BCUT2D eigenvalue weighted by Gasteiger charge is 2.35. The van der Waals surface area contributed by atoms with E-state index in [4.69, 9.17) is 4.74 Å². The molecule has 2 aliphatic rings. The summed E-state index contributed by atoms with van der Waals surface area (Å²) in [5.74, 6) is -0.843. The molecule has 0 aliphatic carbocycles. The van der Waals surface area contributed by atoms with Crippen LogP contribution in [0.5, 0.6) is 0 Å². The molecule has 0 aromatic heterocycles. The number of amidine groups is 1. The monoisotopic (exact) mass is 523 g/mol. The molecule has 2 heterocycles. The Balaban J connectivity index is 1.43. The first-order valence-electron chi connectivity index (χ1n) is 10.5. The van der Waals surface area contributed by atoms with Crippen molar-refractivity contribution in [3.8, 4) is 0 Å². The zero-order valence-electron chi connectivity index (χ0n) is 18.7. The summed E-state index contributed by atoms with van der Waals surface area (Å²) in [6.45, 7) is -0.136. The summed E-state index contributed by atoms with van der Waals surface area (Å²) in [7, 11) is -3.51. The Morgan fingerprint density at radius 3 is 2.56 bits per heavy atom. The zero-order chi connectivity index (χ0) is 26.1. The van der Waals surface area contributed by atoms with E-state index in [9.17, 15) is 31.2 Å². The van der Waals surface area contributed by atoms with Crippen LogP contribution < -0.4 is 10.0 Å². The number of anilines is 2. The van der Waals surface area contributed by atoms with E-state index in [0.29, 0.717) is 0 Å². The summed E-state index contributed by atoms with van der Waals surface area (Å²) in [4.78, 5) is 31.6. The van der Waals surface area contributed by atoms with Gasteiger partial charge in [0.05, 0.1) is 23.7 Å². The number of halogens is 3. The van der Waals surface area contributed by atoms with Gasteiger partial charge in [-0.2, -0.15) is 13.2 Å². The fourth-order valence-electron chi connectivity index (χ4n) is 3.56. The van der Waals surface area contributed by atoms with Gasteiger partial charge in [-0.25, -0.2) is 13.2 Å². The maximum absolute atomic E-state index is 13.3. The Morgan fingerprint density at radius 1 is 1.11 bits per heavy atom. The molecular formula is C22H20F3N5O5S. The Morgan fingerprint density at radius 2 is 1.83 bits per heavy atom. The molecule has 0 unspecified atom stereocenters. The first kappa shape index (κ1) is 25.0. The second-order valence-corrected chi connectivity index (χ2v) is 9.70.